The molecule has 110 valence electrons. The molecule has 2 heterocycles. The molecule has 2 aromatic heterocycles. The van der Waals surface area contributed by atoms with Gasteiger partial charge in [0.2, 0.25) is 0 Å². The van der Waals surface area contributed by atoms with Crippen LogP contribution in [0.5, 0.6) is 0 Å². The first-order valence-corrected chi connectivity index (χ1v) is 7.90. The maximum atomic E-state index is 12.3. The van der Waals surface area contributed by atoms with Crippen LogP contribution < -0.4 is 5.32 Å². The van der Waals surface area contributed by atoms with Gasteiger partial charge in [0.15, 0.2) is 0 Å². The molecule has 0 radical (unpaired) electrons. The van der Waals surface area contributed by atoms with Gasteiger partial charge in [-0.1, -0.05) is 18.2 Å². The molecule has 0 aliphatic heterocycles. The summed E-state index contributed by atoms with van der Waals surface area (Å²) in [4.78, 5) is 17.8. The van der Waals surface area contributed by atoms with Gasteiger partial charge in [-0.25, -0.2) is 4.98 Å². The number of rotatable bonds is 3. The van der Waals surface area contributed by atoms with Crippen LogP contribution in [0, 0.1) is 13.8 Å². The zero-order valence-electron chi connectivity index (χ0n) is 12.5. The largest absolute Gasteiger partial charge is 0.307 e. The van der Waals surface area contributed by atoms with Gasteiger partial charge in [-0.05, 0) is 60.7 Å². The molecule has 4 heteroatoms. The van der Waals surface area contributed by atoms with Crippen molar-refractivity contribution in [2.45, 2.75) is 13.8 Å². The molecule has 0 aliphatic carbocycles. The Morgan fingerprint density at radius 3 is 2.50 bits per heavy atom. The molecule has 22 heavy (non-hydrogen) atoms. The zero-order valence-corrected chi connectivity index (χ0v) is 13.3. The van der Waals surface area contributed by atoms with E-state index in [1.807, 2.05) is 61.7 Å². The van der Waals surface area contributed by atoms with Crippen LogP contribution in [0.2, 0.25) is 0 Å². The number of amides is 1. The SMILES string of the molecule is Cc1cc(C)nc(NC(=O)c2ccc(-c3cccs3)cc2)c1. The molecule has 0 saturated heterocycles. The van der Waals surface area contributed by atoms with Gasteiger partial charge in [-0.3, -0.25) is 4.79 Å². The molecular weight excluding hydrogens is 292 g/mol. The number of anilines is 1. The number of nitrogens with zero attached hydrogens (tertiary/aromatic N) is 1. The minimum atomic E-state index is -0.143. The highest BCUT2D eigenvalue weighted by atomic mass is 32.1. The number of aryl methyl sites for hydroxylation is 2. The van der Waals surface area contributed by atoms with E-state index < -0.39 is 0 Å². The first kappa shape index (κ1) is 14.5. The predicted octanol–water partition coefficient (Wildman–Crippen LogP) is 4.68. The van der Waals surface area contributed by atoms with E-state index in [2.05, 4.69) is 16.4 Å². The number of nitrogens with one attached hydrogen (secondary N) is 1. The van der Waals surface area contributed by atoms with Crippen LogP contribution >= 0.6 is 11.3 Å². The Labute approximate surface area is 133 Å². The van der Waals surface area contributed by atoms with Crippen molar-refractivity contribution >= 4 is 23.1 Å². The van der Waals surface area contributed by atoms with Crippen LogP contribution in [-0.4, -0.2) is 10.9 Å². The van der Waals surface area contributed by atoms with Crippen LogP contribution in [-0.2, 0) is 0 Å². The van der Waals surface area contributed by atoms with Gasteiger partial charge in [-0.15, -0.1) is 11.3 Å². The second-order valence-electron chi connectivity index (χ2n) is 5.18. The van der Waals surface area contributed by atoms with Crippen molar-refractivity contribution in [1.29, 1.82) is 0 Å². The first-order valence-electron chi connectivity index (χ1n) is 7.02. The highest BCUT2D eigenvalue weighted by Crippen LogP contribution is 2.24. The van der Waals surface area contributed by atoms with Crippen LogP contribution in [0.4, 0.5) is 5.82 Å². The topological polar surface area (TPSA) is 42.0 Å². The van der Waals surface area contributed by atoms with E-state index in [4.69, 9.17) is 0 Å². The third-order valence-corrected chi connectivity index (χ3v) is 4.21. The Morgan fingerprint density at radius 2 is 1.86 bits per heavy atom. The quantitative estimate of drug-likeness (QED) is 0.763. The molecule has 0 aliphatic rings. The van der Waals surface area contributed by atoms with E-state index in [1.54, 1.807) is 11.3 Å². The van der Waals surface area contributed by atoms with Gasteiger partial charge in [0.25, 0.3) is 5.91 Å². The minimum Gasteiger partial charge on any atom is -0.307 e. The fourth-order valence-corrected chi connectivity index (χ4v) is 3.06. The second kappa shape index (κ2) is 6.12. The molecule has 3 aromatic rings. The number of pyridine rings is 1. The lowest BCUT2D eigenvalue weighted by atomic mass is 10.1. The van der Waals surface area contributed by atoms with Crippen molar-refractivity contribution in [3.05, 3.63) is 70.7 Å². The summed E-state index contributed by atoms with van der Waals surface area (Å²) in [5.74, 6) is 0.445. The van der Waals surface area contributed by atoms with Gasteiger partial charge < -0.3 is 5.32 Å². The van der Waals surface area contributed by atoms with E-state index in [1.165, 1.54) is 4.88 Å². The number of aromatic nitrogens is 1. The summed E-state index contributed by atoms with van der Waals surface area (Å²) in [6.45, 7) is 3.90. The van der Waals surface area contributed by atoms with Crippen LogP contribution in [0.1, 0.15) is 21.6 Å². The average Bonchev–Trinajstić information content (AvgIpc) is 3.00. The molecule has 0 unspecified atom stereocenters. The Hall–Kier alpha value is -2.46. The molecule has 0 saturated carbocycles. The summed E-state index contributed by atoms with van der Waals surface area (Å²) >= 11 is 1.69. The lowest BCUT2D eigenvalue weighted by Crippen LogP contribution is -2.13. The van der Waals surface area contributed by atoms with Gasteiger partial charge in [0, 0.05) is 16.1 Å². The number of carbonyl (C=O) groups excluding carboxylic acids is 1. The molecule has 1 aromatic carbocycles. The molecule has 0 atom stereocenters. The molecule has 1 amide bonds. The van der Waals surface area contributed by atoms with E-state index in [0.29, 0.717) is 11.4 Å². The van der Waals surface area contributed by atoms with E-state index >= 15 is 0 Å². The Kier molecular flexibility index (Phi) is 4.02. The van der Waals surface area contributed by atoms with Gasteiger partial charge in [0.1, 0.15) is 5.82 Å². The van der Waals surface area contributed by atoms with Crippen LogP contribution in [0.3, 0.4) is 0 Å². The molecule has 3 rings (SSSR count). The van der Waals surface area contributed by atoms with Crippen molar-refractivity contribution in [3.63, 3.8) is 0 Å². The van der Waals surface area contributed by atoms with Gasteiger partial charge >= 0.3 is 0 Å². The monoisotopic (exact) mass is 308 g/mol. The van der Waals surface area contributed by atoms with E-state index in [9.17, 15) is 4.79 Å². The van der Waals surface area contributed by atoms with Crippen molar-refractivity contribution in [2.24, 2.45) is 0 Å². The normalized spacial score (nSPS) is 10.5. The van der Waals surface area contributed by atoms with Crippen molar-refractivity contribution in [3.8, 4) is 10.4 Å². The molecular formula is C18H16N2OS. The van der Waals surface area contributed by atoms with Crippen molar-refractivity contribution < 1.29 is 4.79 Å². The fourth-order valence-electron chi connectivity index (χ4n) is 2.32. The summed E-state index contributed by atoms with van der Waals surface area (Å²) in [5, 5.41) is 4.89. The summed E-state index contributed by atoms with van der Waals surface area (Å²) in [6, 6.07) is 15.5. The Balaban J connectivity index is 1.77. The van der Waals surface area contributed by atoms with Crippen molar-refractivity contribution in [1.82, 2.24) is 4.98 Å². The third kappa shape index (κ3) is 3.23. The lowest BCUT2D eigenvalue weighted by molar-refractivity contribution is 0.102. The Bertz CT molecular complexity index is 772. The summed E-state index contributed by atoms with van der Waals surface area (Å²) in [6.07, 6.45) is 0. The number of benzene rings is 1. The van der Waals surface area contributed by atoms with E-state index in [-0.39, 0.29) is 5.91 Å². The zero-order chi connectivity index (χ0) is 15.5. The molecule has 3 nitrogen and oxygen atoms in total. The number of hydrogen-bond acceptors (Lipinski definition) is 3. The number of carbonyl (C=O) groups is 1. The average molecular weight is 308 g/mol. The number of thiophene rings is 1. The summed E-state index contributed by atoms with van der Waals surface area (Å²) in [5.41, 5.74) is 3.72. The van der Waals surface area contributed by atoms with Gasteiger partial charge in [0.05, 0.1) is 0 Å². The van der Waals surface area contributed by atoms with Crippen LogP contribution in [0.25, 0.3) is 10.4 Å². The van der Waals surface area contributed by atoms with E-state index in [0.717, 1.165) is 16.8 Å². The molecule has 0 spiro atoms. The van der Waals surface area contributed by atoms with Crippen molar-refractivity contribution in [2.75, 3.05) is 5.32 Å². The smallest absolute Gasteiger partial charge is 0.256 e. The maximum Gasteiger partial charge on any atom is 0.256 e. The van der Waals surface area contributed by atoms with Crippen LogP contribution in [0.15, 0.2) is 53.9 Å². The summed E-state index contributed by atoms with van der Waals surface area (Å²) in [7, 11) is 0. The lowest BCUT2D eigenvalue weighted by Gasteiger charge is -2.07. The third-order valence-electron chi connectivity index (χ3n) is 3.29. The predicted molar refractivity (Wildman–Crippen MR) is 91.4 cm³/mol. The highest BCUT2D eigenvalue weighted by molar-refractivity contribution is 7.13. The maximum absolute atomic E-state index is 12.3. The number of hydrogen-bond donors (Lipinski definition) is 1. The standard InChI is InChI=1S/C18H16N2OS/c1-12-10-13(2)19-17(11-12)20-18(21)15-7-5-14(6-8-15)16-4-3-9-22-16/h3-11H,1-2H3,(H,19,20,21). The minimum absolute atomic E-state index is 0.143. The first-order chi connectivity index (χ1) is 10.6. The molecule has 0 bridgehead atoms. The molecule has 1 N–H and O–H groups in total. The van der Waals surface area contributed by atoms with Gasteiger partial charge in [-0.2, -0.15) is 0 Å². The summed E-state index contributed by atoms with van der Waals surface area (Å²) < 4.78 is 0. The second-order valence-corrected chi connectivity index (χ2v) is 6.13. The highest BCUT2D eigenvalue weighted by Gasteiger charge is 2.08. The molecule has 0 fully saturated rings. The fraction of sp³-hybridized carbons (Fsp3) is 0.111. The Morgan fingerprint density at radius 1 is 1.09 bits per heavy atom.